The molecule has 0 amide bonds. The Kier molecular flexibility index (Phi) is 4.69. The standard InChI is InChI=1S/C14H11ClN4O2/c15-12-3-1-10(2-4-12)5-6-17-14-13(19(20)21)7-11(8-16)9-18-14/h1-4,7,9H,5-6H2,(H,17,18). The smallest absolute Gasteiger partial charge is 0.312 e. The molecule has 2 aromatic rings. The maximum absolute atomic E-state index is 11.0. The van der Waals surface area contributed by atoms with Crippen LogP contribution < -0.4 is 5.32 Å². The zero-order chi connectivity index (χ0) is 15.2. The minimum Gasteiger partial charge on any atom is -0.364 e. The van der Waals surface area contributed by atoms with E-state index in [0.717, 1.165) is 5.56 Å². The first-order valence-corrected chi connectivity index (χ1v) is 6.51. The highest BCUT2D eigenvalue weighted by Crippen LogP contribution is 2.22. The number of halogens is 1. The van der Waals surface area contributed by atoms with Crippen LogP contribution in [0.5, 0.6) is 0 Å². The van der Waals surface area contributed by atoms with Gasteiger partial charge in [0.2, 0.25) is 5.82 Å². The molecule has 0 saturated carbocycles. The van der Waals surface area contributed by atoms with Gasteiger partial charge in [-0.25, -0.2) is 4.98 Å². The number of hydrogen-bond donors (Lipinski definition) is 1. The Bertz CT molecular complexity index is 695. The molecule has 0 spiro atoms. The van der Waals surface area contributed by atoms with Crippen molar-refractivity contribution in [1.29, 1.82) is 5.26 Å². The predicted molar refractivity (Wildman–Crippen MR) is 79.3 cm³/mol. The molecule has 0 saturated heterocycles. The molecule has 1 N–H and O–H groups in total. The topological polar surface area (TPSA) is 91.8 Å². The van der Waals surface area contributed by atoms with Crippen LogP contribution in [0.1, 0.15) is 11.1 Å². The number of nitrogens with one attached hydrogen (secondary N) is 1. The van der Waals surface area contributed by atoms with Crippen LogP contribution >= 0.6 is 11.6 Å². The van der Waals surface area contributed by atoms with Gasteiger partial charge in [-0.2, -0.15) is 5.26 Å². The number of nitriles is 1. The van der Waals surface area contributed by atoms with Crippen molar-refractivity contribution in [2.75, 3.05) is 11.9 Å². The van der Waals surface area contributed by atoms with Crippen molar-refractivity contribution < 1.29 is 4.92 Å². The molecule has 0 aliphatic rings. The van der Waals surface area contributed by atoms with E-state index in [-0.39, 0.29) is 17.1 Å². The first-order chi connectivity index (χ1) is 10.1. The monoisotopic (exact) mass is 302 g/mol. The highest BCUT2D eigenvalue weighted by atomic mass is 35.5. The molecule has 1 aromatic heterocycles. The van der Waals surface area contributed by atoms with Crippen LogP contribution in [0.25, 0.3) is 0 Å². The normalized spacial score (nSPS) is 9.90. The molecule has 0 aliphatic heterocycles. The Balaban J connectivity index is 2.04. The summed E-state index contributed by atoms with van der Waals surface area (Å²) in [6, 6.07) is 10.4. The summed E-state index contributed by atoms with van der Waals surface area (Å²) in [5.74, 6) is 0.160. The predicted octanol–water partition coefficient (Wildman–Crippen LogP) is 3.17. The lowest BCUT2D eigenvalue weighted by molar-refractivity contribution is -0.384. The van der Waals surface area contributed by atoms with E-state index in [1.807, 2.05) is 18.2 Å². The highest BCUT2D eigenvalue weighted by Gasteiger charge is 2.15. The Labute approximate surface area is 126 Å². The van der Waals surface area contributed by atoms with Crippen LogP contribution in [-0.4, -0.2) is 16.5 Å². The summed E-state index contributed by atoms with van der Waals surface area (Å²) in [7, 11) is 0. The molecule has 2 rings (SSSR count). The summed E-state index contributed by atoms with van der Waals surface area (Å²) >= 11 is 5.80. The van der Waals surface area contributed by atoms with E-state index in [2.05, 4.69) is 10.3 Å². The van der Waals surface area contributed by atoms with E-state index in [0.29, 0.717) is 18.0 Å². The van der Waals surface area contributed by atoms with Gasteiger partial charge in [0, 0.05) is 23.8 Å². The molecule has 106 valence electrons. The summed E-state index contributed by atoms with van der Waals surface area (Å²) in [4.78, 5) is 14.3. The van der Waals surface area contributed by atoms with Gasteiger partial charge in [0.15, 0.2) is 0 Å². The van der Waals surface area contributed by atoms with Crippen molar-refractivity contribution in [2.45, 2.75) is 6.42 Å². The van der Waals surface area contributed by atoms with Gasteiger partial charge in [0.1, 0.15) is 6.07 Å². The maximum atomic E-state index is 11.0. The Morgan fingerprint density at radius 1 is 1.38 bits per heavy atom. The average Bonchev–Trinajstić information content (AvgIpc) is 2.49. The minimum atomic E-state index is -0.557. The van der Waals surface area contributed by atoms with Crippen LogP contribution in [0.15, 0.2) is 36.5 Å². The SMILES string of the molecule is N#Cc1cnc(NCCc2ccc(Cl)cc2)c([N+](=O)[O-])c1. The van der Waals surface area contributed by atoms with E-state index in [1.165, 1.54) is 12.3 Å². The van der Waals surface area contributed by atoms with Gasteiger partial charge in [-0.3, -0.25) is 10.1 Å². The summed E-state index contributed by atoms with van der Waals surface area (Å²) in [5.41, 5.74) is 1.01. The number of aromatic nitrogens is 1. The molecule has 0 unspecified atom stereocenters. The number of nitro groups is 1. The quantitative estimate of drug-likeness (QED) is 0.676. The third-order valence-electron chi connectivity index (χ3n) is 2.81. The van der Waals surface area contributed by atoms with Crippen molar-refractivity contribution in [3.8, 4) is 6.07 Å². The van der Waals surface area contributed by atoms with Crippen LogP contribution in [0.2, 0.25) is 5.02 Å². The minimum absolute atomic E-state index is 0.157. The fourth-order valence-electron chi connectivity index (χ4n) is 1.77. The van der Waals surface area contributed by atoms with Crippen molar-refractivity contribution in [3.05, 3.63) is 62.8 Å². The van der Waals surface area contributed by atoms with E-state index in [4.69, 9.17) is 16.9 Å². The van der Waals surface area contributed by atoms with Gasteiger partial charge < -0.3 is 5.32 Å². The van der Waals surface area contributed by atoms with E-state index < -0.39 is 4.92 Å². The molecule has 0 aliphatic carbocycles. The van der Waals surface area contributed by atoms with Crippen molar-refractivity contribution in [1.82, 2.24) is 4.98 Å². The molecule has 0 fully saturated rings. The lowest BCUT2D eigenvalue weighted by Gasteiger charge is -2.06. The third-order valence-corrected chi connectivity index (χ3v) is 3.06. The fourth-order valence-corrected chi connectivity index (χ4v) is 1.89. The van der Waals surface area contributed by atoms with Gasteiger partial charge in [0.05, 0.1) is 10.5 Å². The second-order valence-corrected chi connectivity index (χ2v) is 4.70. The Morgan fingerprint density at radius 3 is 2.71 bits per heavy atom. The first-order valence-electron chi connectivity index (χ1n) is 6.13. The number of pyridine rings is 1. The molecule has 0 radical (unpaired) electrons. The zero-order valence-corrected chi connectivity index (χ0v) is 11.7. The van der Waals surface area contributed by atoms with Gasteiger partial charge >= 0.3 is 5.69 Å². The molecule has 0 atom stereocenters. The molecule has 7 heteroatoms. The summed E-state index contributed by atoms with van der Waals surface area (Å²) in [5, 5.41) is 23.3. The largest absolute Gasteiger partial charge is 0.364 e. The lowest BCUT2D eigenvalue weighted by Crippen LogP contribution is -2.08. The highest BCUT2D eigenvalue weighted by molar-refractivity contribution is 6.30. The molecular formula is C14H11ClN4O2. The number of benzene rings is 1. The lowest BCUT2D eigenvalue weighted by atomic mass is 10.1. The summed E-state index contributed by atoms with van der Waals surface area (Å²) in [6.07, 6.45) is 1.98. The molecule has 0 bridgehead atoms. The van der Waals surface area contributed by atoms with E-state index in [1.54, 1.807) is 12.1 Å². The maximum Gasteiger partial charge on any atom is 0.312 e. The van der Waals surface area contributed by atoms with Crippen molar-refractivity contribution in [3.63, 3.8) is 0 Å². The van der Waals surface area contributed by atoms with E-state index >= 15 is 0 Å². The van der Waals surface area contributed by atoms with Gasteiger partial charge in [-0.15, -0.1) is 0 Å². The third kappa shape index (κ3) is 3.91. The van der Waals surface area contributed by atoms with Gasteiger partial charge in [0.25, 0.3) is 0 Å². The van der Waals surface area contributed by atoms with Crippen molar-refractivity contribution in [2.24, 2.45) is 0 Å². The van der Waals surface area contributed by atoms with Crippen molar-refractivity contribution >= 4 is 23.1 Å². The Hall–Kier alpha value is -2.65. The number of anilines is 1. The molecule has 1 heterocycles. The van der Waals surface area contributed by atoms with E-state index in [9.17, 15) is 10.1 Å². The molecule has 6 nitrogen and oxygen atoms in total. The molecule has 21 heavy (non-hydrogen) atoms. The Morgan fingerprint density at radius 2 is 2.10 bits per heavy atom. The number of hydrogen-bond acceptors (Lipinski definition) is 5. The number of nitrogens with zero attached hydrogens (tertiary/aromatic N) is 3. The average molecular weight is 303 g/mol. The van der Waals surface area contributed by atoms with Crippen LogP contribution in [0, 0.1) is 21.4 Å². The number of rotatable bonds is 5. The first kappa shape index (κ1) is 14.8. The second kappa shape index (κ2) is 6.68. The fraction of sp³-hybridized carbons (Fsp3) is 0.143. The molecule has 1 aromatic carbocycles. The zero-order valence-electron chi connectivity index (χ0n) is 10.9. The summed E-state index contributed by atoms with van der Waals surface area (Å²) in [6.45, 7) is 0.487. The van der Waals surface area contributed by atoms with Crippen LogP contribution in [0.4, 0.5) is 11.5 Å². The van der Waals surface area contributed by atoms with Gasteiger partial charge in [-0.1, -0.05) is 23.7 Å². The molecular weight excluding hydrogens is 292 g/mol. The second-order valence-electron chi connectivity index (χ2n) is 4.26. The van der Waals surface area contributed by atoms with Crippen LogP contribution in [0.3, 0.4) is 0 Å². The summed E-state index contributed by atoms with van der Waals surface area (Å²) < 4.78 is 0. The van der Waals surface area contributed by atoms with Gasteiger partial charge in [-0.05, 0) is 24.1 Å². The van der Waals surface area contributed by atoms with Crippen LogP contribution in [-0.2, 0) is 6.42 Å².